The zero-order valence-corrected chi connectivity index (χ0v) is 26.4. The Labute approximate surface area is 251 Å². The Kier molecular flexibility index (Phi) is 10.8. The highest BCUT2D eigenvalue weighted by atomic mass is 28.4. The van der Waals surface area contributed by atoms with Gasteiger partial charge in [-0.05, 0) is 34.8 Å². The van der Waals surface area contributed by atoms with Gasteiger partial charge in [-0.1, -0.05) is 112 Å². The van der Waals surface area contributed by atoms with Crippen LogP contribution in [0.25, 0.3) is 0 Å². The summed E-state index contributed by atoms with van der Waals surface area (Å²) in [7, 11) is -2.46. The third-order valence-corrected chi connectivity index (χ3v) is 13.1. The highest BCUT2D eigenvalue weighted by Gasteiger charge is 2.62. The third kappa shape index (κ3) is 7.56. The molecule has 0 amide bonds. The lowest BCUT2D eigenvalue weighted by molar-refractivity contribution is -0.304. The van der Waals surface area contributed by atoms with Crippen LogP contribution in [0.2, 0.25) is 18.1 Å². The predicted octanol–water partition coefficient (Wildman–Crippen LogP) is 5.23. The standard InChI is InChI=1S/C34H46O7Si/c1-33(2,3)42(4,5)41-29-28(35)31(36)34(40-23-27-19-13-8-14-20-27,24-38-21-25-15-9-6-10-16-25)32(37)30(29)39-22-26-17-11-7-12-18-26/h6-20,28-32,35-37H,21-24H2,1-5H3/t28-,29+,30-,31-,32+,34+/m0/s1. The van der Waals surface area contributed by atoms with Gasteiger partial charge < -0.3 is 34.0 Å². The van der Waals surface area contributed by atoms with Gasteiger partial charge in [-0.25, -0.2) is 0 Å². The number of benzene rings is 3. The Morgan fingerprint density at radius 2 is 1.14 bits per heavy atom. The Morgan fingerprint density at radius 1 is 0.667 bits per heavy atom. The second-order valence-electron chi connectivity index (χ2n) is 12.7. The van der Waals surface area contributed by atoms with Crippen LogP contribution in [0.4, 0.5) is 0 Å². The first-order chi connectivity index (χ1) is 19.9. The summed E-state index contributed by atoms with van der Waals surface area (Å²) in [6.07, 6.45) is -6.29. The van der Waals surface area contributed by atoms with Gasteiger partial charge in [0.2, 0.25) is 0 Å². The van der Waals surface area contributed by atoms with E-state index in [1.807, 2.05) is 91.0 Å². The van der Waals surface area contributed by atoms with Crippen LogP contribution in [0.3, 0.4) is 0 Å². The van der Waals surface area contributed by atoms with Gasteiger partial charge in [0, 0.05) is 0 Å². The number of aliphatic hydroxyl groups excluding tert-OH is 3. The summed E-state index contributed by atoms with van der Waals surface area (Å²) in [5.74, 6) is 0. The first-order valence-electron chi connectivity index (χ1n) is 14.6. The van der Waals surface area contributed by atoms with E-state index in [0.29, 0.717) is 0 Å². The van der Waals surface area contributed by atoms with Crippen molar-refractivity contribution in [2.24, 2.45) is 0 Å². The van der Waals surface area contributed by atoms with Crippen LogP contribution in [0.1, 0.15) is 37.5 Å². The van der Waals surface area contributed by atoms with Crippen LogP contribution in [0.5, 0.6) is 0 Å². The molecule has 1 aliphatic carbocycles. The number of rotatable bonds is 12. The fourth-order valence-electron chi connectivity index (χ4n) is 4.98. The van der Waals surface area contributed by atoms with E-state index < -0.39 is 44.4 Å². The molecule has 0 bridgehead atoms. The minimum absolute atomic E-state index is 0.0928. The van der Waals surface area contributed by atoms with E-state index in [1.165, 1.54) is 0 Å². The molecule has 1 saturated carbocycles. The zero-order valence-electron chi connectivity index (χ0n) is 25.4. The van der Waals surface area contributed by atoms with Gasteiger partial charge in [0.1, 0.15) is 36.1 Å². The normalized spacial score (nSPS) is 26.7. The van der Waals surface area contributed by atoms with Crippen LogP contribution < -0.4 is 0 Å². The summed E-state index contributed by atoms with van der Waals surface area (Å²) >= 11 is 0. The SMILES string of the molecule is CC(C)(C)[Si](C)(C)O[C@@H]1[C@H](O)[C@H](O)[C@@](COCc2ccccc2)(OCc2ccccc2)[C@H](O)[C@H]1OCc1ccccc1. The molecule has 0 unspecified atom stereocenters. The summed E-state index contributed by atoms with van der Waals surface area (Å²) in [4.78, 5) is 0. The van der Waals surface area contributed by atoms with Gasteiger partial charge >= 0.3 is 0 Å². The van der Waals surface area contributed by atoms with Crippen molar-refractivity contribution in [1.29, 1.82) is 0 Å². The lowest BCUT2D eigenvalue weighted by Crippen LogP contribution is -2.75. The summed E-state index contributed by atoms with van der Waals surface area (Å²) in [5.41, 5.74) is 1.01. The molecule has 228 valence electrons. The molecule has 4 rings (SSSR count). The van der Waals surface area contributed by atoms with Crippen molar-refractivity contribution in [2.45, 2.75) is 94.8 Å². The minimum Gasteiger partial charge on any atom is -0.408 e. The molecule has 3 aromatic rings. The Hall–Kier alpha value is -2.40. The van der Waals surface area contributed by atoms with Crippen LogP contribution in [-0.4, -0.2) is 66.4 Å². The Balaban J connectivity index is 1.68. The third-order valence-electron chi connectivity index (χ3n) is 8.61. The monoisotopic (exact) mass is 594 g/mol. The fraction of sp³-hybridized carbons (Fsp3) is 0.471. The summed E-state index contributed by atoms with van der Waals surface area (Å²) < 4.78 is 25.6. The molecular formula is C34H46O7Si. The molecule has 42 heavy (non-hydrogen) atoms. The molecule has 3 aromatic carbocycles. The van der Waals surface area contributed by atoms with Crippen molar-refractivity contribution >= 4 is 8.32 Å². The number of hydrogen-bond acceptors (Lipinski definition) is 7. The quantitative estimate of drug-likeness (QED) is 0.247. The average molecular weight is 595 g/mol. The highest BCUT2D eigenvalue weighted by molar-refractivity contribution is 6.74. The molecule has 1 fully saturated rings. The van der Waals surface area contributed by atoms with Crippen molar-refractivity contribution in [1.82, 2.24) is 0 Å². The molecule has 6 atom stereocenters. The first-order valence-corrected chi connectivity index (χ1v) is 17.5. The summed E-state index contributed by atoms with van der Waals surface area (Å²) in [6, 6.07) is 28.8. The number of aliphatic hydroxyl groups is 3. The molecule has 8 heteroatoms. The smallest absolute Gasteiger partial charge is 0.192 e. The van der Waals surface area contributed by atoms with Crippen molar-refractivity contribution in [3.63, 3.8) is 0 Å². The van der Waals surface area contributed by atoms with Crippen LogP contribution in [-0.2, 0) is 38.5 Å². The maximum atomic E-state index is 12.1. The molecule has 7 nitrogen and oxygen atoms in total. The molecule has 0 aliphatic heterocycles. The summed E-state index contributed by atoms with van der Waals surface area (Å²) in [6.45, 7) is 10.8. The van der Waals surface area contributed by atoms with Crippen LogP contribution >= 0.6 is 0 Å². The lowest BCUT2D eigenvalue weighted by Gasteiger charge is -2.54. The maximum Gasteiger partial charge on any atom is 0.192 e. The van der Waals surface area contributed by atoms with E-state index in [2.05, 4.69) is 33.9 Å². The topological polar surface area (TPSA) is 97.6 Å². The summed E-state index contributed by atoms with van der Waals surface area (Å²) in [5, 5.41) is 35.4. The van der Waals surface area contributed by atoms with Crippen LogP contribution in [0.15, 0.2) is 91.0 Å². The molecule has 3 N–H and O–H groups in total. The average Bonchev–Trinajstić information content (AvgIpc) is 2.98. The number of ether oxygens (including phenoxy) is 3. The maximum absolute atomic E-state index is 12.1. The predicted molar refractivity (Wildman–Crippen MR) is 165 cm³/mol. The van der Waals surface area contributed by atoms with Gasteiger partial charge in [0.25, 0.3) is 0 Å². The van der Waals surface area contributed by atoms with Gasteiger partial charge in [0.15, 0.2) is 8.32 Å². The molecule has 0 radical (unpaired) electrons. The minimum atomic E-state index is -2.46. The first kappa shape index (κ1) is 32.5. The van der Waals surface area contributed by atoms with E-state index >= 15 is 0 Å². The van der Waals surface area contributed by atoms with Crippen molar-refractivity contribution in [3.05, 3.63) is 108 Å². The van der Waals surface area contributed by atoms with Crippen molar-refractivity contribution in [2.75, 3.05) is 6.61 Å². The molecule has 0 aromatic heterocycles. The second kappa shape index (κ2) is 13.9. The molecule has 0 saturated heterocycles. The van der Waals surface area contributed by atoms with E-state index in [4.69, 9.17) is 18.6 Å². The van der Waals surface area contributed by atoms with Crippen molar-refractivity contribution in [3.8, 4) is 0 Å². The zero-order chi connectivity index (χ0) is 30.4. The van der Waals surface area contributed by atoms with Crippen LogP contribution in [0, 0.1) is 0 Å². The van der Waals surface area contributed by atoms with E-state index in [1.54, 1.807) is 0 Å². The van der Waals surface area contributed by atoms with E-state index in [-0.39, 0.29) is 31.5 Å². The molecule has 0 heterocycles. The molecular weight excluding hydrogens is 548 g/mol. The fourth-order valence-corrected chi connectivity index (χ4v) is 6.29. The van der Waals surface area contributed by atoms with Gasteiger partial charge in [-0.2, -0.15) is 0 Å². The van der Waals surface area contributed by atoms with E-state index in [0.717, 1.165) is 16.7 Å². The van der Waals surface area contributed by atoms with Gasteiger partial charge in [-0.15, -0.1) is 0 Å². The molecule has 0 spiro atoms. The number of hydrogen-bond donors (Lipinski definition) is 3. The van der Waals surface area contributed by atoms with E-state index in [9.17, 15) is 15.3 Å². The molecule has 1 aliphatic rings. The van der Waals surface area contributed by atoms with Gasteiger partial charge in [-0.3, -0.25) is 0 Å². The van der Waals surface area contributed by atoms with Gasteiger partial charge in [0.05, 0.1) is 26.4 Å². The Morgan fingerprint density at radius 3 is 1.64 bits per heavy atom. The second-order valence-corrected chi connectivity index (χ2v) is 17.4. The van der Waals surface area contributed by atoms with Crippen molar-refractivity contribution < 1.29 is 34.0 Å². The lowest BCUT2D eigenvalue weighted by atomic mass is 9.74. The highest BCUT2D eigenvalue weighted by Crippen LogP contribution is 2.43. The Bertz CT molecular complexity index is 1220. The largest absolute Gasteiger partial charge is 0.408 e.